The lowest BCUT2D eigenvalue weighted by molar-refractivity contribution is -0.129. The van der Waals surface area contributed by atoms with Crippen molar-refractivity contribution in [3.63, 3.8) is 0 Å². The normalized spacial score (nSPS) is 19.3. The van der Waals surface area contributed by atoms with Crippen LogP contribution in [0.3, 0.4) is 0 Å². The molecule has 9 heteroatoms. The number of ether oxygens (including phenoxy) is 2. The second-order valence-electron chi connectivity index (χ2n) is 6.82. The van der Waals surface area contributed by atoms with E-state index in [9.17, 15) is 18.0 Å². The first kappa shape index (κ1) is 19.8. The zero-order chi connectivity index (χ0) is 19.6. The maximum absolute atomic E-state index is 12.8. The van der Waals surface area contributed by atoms with Crippen LogP contribution in [0.15, 0.2) is 23.1 Å². The summed E-state index contributed by atoms with van der Waals surface area (Å²) in [6.45, 7) is 4.42. The van der Waals surface area contributed by atoms with Crippen molar-refractivity contribution >= 4 is 21.9 Å². The van der Waals surface area contributed by atoms with E-state index < -0.39 is 22.1 Å². The van der Waals surface area contributed by atoms with Crippen LogP contribution < -0.4 is 5.32 Å². The van der Waals surface area contributed by atoms with Gasteiger partial charge in [-0.15, -0.1) is 0 Å². The number of nitrogens with one attached hydrogen (secondary N) is 1. The molecule has 3 rings (SSSR count). The minimum atomic E-state index is -3.72. The summed E-state index contributed by atoms with van der Waals surface area (Å²) in [6, 6.07) is 4.52. The molecule has 0 unspecified atom stereocenters. The number of esters is 1. The smallest absolute Gasteiger partial charge is 0.339 e. The van der Waals surface area contributed by atoms with Crippen LogP contribution in [-0.2, 0) is 24.3 Å². The summed E-state index contributed by atoms with van der Waals surface area (Å²) < 4.78 is 37.3. The number of morpholine rings is 1. The van der Waals surface area contributed by atoms with E-state index in [4.69, 9.17) is 9.47 Å². The fraction of sp³-hybridized carbons (Fsp3) is 0.556. The first-order valence-electron chi connectivity index (χ1n) is 8.99. The van der Waals surface area contributed by atoms with Crippen molar-refractivity contribution in [1.82, 2.24) is 9.62 Å². The highest BCUT2D eigenvalue weighted by Crippen LogP contribution is 2.22. The Morgan fingerprint density at radius 1 is 1.26 bits per heavy atom. The van der Waals surface area contributed by atoms with Gasteiger partial charge in [-0.1, -0.05) is 6.07 Å². The Morgan fingerprint density at radius 2 is 1.93 bits per heavy atom. The Kier molecular flexibility index (Phi) is 5.83. The number of aryl methyl sites for hydroxylation is 1. The van der Waals surface area contributed by atoms with Crippen molar-refractivity contribution in [1.29, 1.82) is 0 Å². The Balaban J connectivity index is 1.75. The minimum absolute atomic E-state index is 0.0250. The van der Waals surface area contributed by atoms with E-state index in [2.05, 4.69) is 5.32 Å². The monoisotopic (exact) mass is 396 g/mol. The van der Waals surface area contributed by atoms with Gasteiger partial charge in [0.15, 0.2) is 6.10 Å². The summed E-state index contributed by atoms with van der Waals surface area (Å²) in [6.07, 6.45) is 0.928. The third kappa shape index (κ3) is 4.66. The number of carbonyl (C=O) groups is 2. The lowest BCUT2D eigenvalue weighted by Gasteiger charge is -2.26. The van der Waals surface area contributed by atoms with Crippen molar-refractivity contribution in [3.05, 3.63) is 29.3 Å². The Morgan fingerprint density at radius 3 is 2.56 bits per heavy atom. The molecule has 27 heavy (non-hydrogen) atoms. The second kappa shape index (κ2) is 7.95. The molecular formula is C18H24N2O6S. The first-order valence-corrected chi connectivity index (χ1v) is 10.4. The summed E-state index contributed by atoms with van der Waals surface area (Å²) in [5.41, 5.74) is 0.714. The maximum atomic E-state index is 12.8. The first-order chi connectivity index (χ1) is 12.8. The fourth-order valence-corrected chi connectivity index (χ4v) is 4.18. The third-order valence-corrected chi connectivity index (χ3v) is 6.51. The van der Waals surface area contributed by atoms with Gasteiger partial charge in [0, 0.05) is 19.1 Å². The van der Waals surface area contributed by atoms with Gasteiger partial charge in [-0.25, -0.2) is 13.2 Å². The van der Waals surface area contributed by atoms with Crippen LogP contribution in [0.4, 0.5) is 0 Å². The van der Waals surface area contributed by atoms with Gasteiger partial charge in [0.25, 0.3) is 5.91 Å². The fourth-order valence-electron chi connectivity index (χ4n) is 2.74. The van der Waals surface area contributed by atoms with Crippen LogP contribution in [-0.4, -0.2) is 63.0 Å². The zero-order valence-corrected chi connectivity index (χ0v) is 16.3. The van der Waals surface area contributed by atoms with Gasteiger partial charge in [-0.3, -0.25) is 4.79 Å². The van der Waals surface area contributed by atoms with Gasteiger partial charge in [0.1, 0.15) is 0 Å². The number of benzene rings is 1. The van der Waals surface area contributed by atoms with Crippen molar-refractivity contribution in [2.24, 2.45) is 0 Å². The molecule has 1 aromatic carbocycles. The Labute approximate surface area is 158 Å². The van der Waals surface area contributed by atoms with Crippen LogP contribution in [0, 0.1) is 6.92 Å². The van der Waals surface area contributed by atoms with Crippen LogP contribution in [0.5, 0.6) is 0 Å². The lowest BCUT2D eigenvalue weighted by atomic mass is 10.1. The topological polar surface area (TPSA) is 102 Å². The number of hydrogen-bond donors (Lipinski definition) is 1. The number of carbonyl (C=O) groups excluding carboxylic acids is 2. The van der Waals surface area contributed by atoms with Crippen molar-refractivity contribution in [2.75, 3.05) is 26.3 Å². The maximum Gasteiger partial charge on any atom is 0.339 e. The van der Waals surface area contributed by atoms with Gasteiger partial charge in [0.2, 0.25) is 10.0 Å². The van der Waals surface area contributed by atoms with E-state index in [0.717, 1.165) is 12.8 Å². The van der Waals surface area contributed by atoms with Crippen LogP contribution in [0.25, 0.3) is 0 Å². The van der Waals surface area contributed by atoms with E-state index in [0.29, 0.717) is 18.8 Å². The molecule has 1 aliphatic heterocycles. The quantitative estimate of drug-likeness (QED) is 0.715. The average Bonchev–Trinajstić information content (AvgIpc) is 3.46. The molecule has 0 aromatic heterocycles. The zero-order valence-electron chi connectivity index (χ0n) is 15.4. The summed E-state index contributed by atoms with van der Waals surface area (Å²) in [5, 5.41) is 2.77. The standard InChI is InChI=1S/C18H24N2O6S/c1-12-3-6-15(27(23,24)20-7-9-25-10-8-20)11-16(12)18(22)26-13(2)17(21)19-14-4-5-14/h3,6,11,13-14H,4-5,7-10H2,1-2H3,(H,19,21)/t13-/m1/s1. The molecule has 2 aliphatic rings. The molecule has 0 radical (unpaired) electrons. The predicted molar refractivity (Wildman–Crippen MR) is 96.8 cm³/mol. The third-order valence-electron chi connectivity index (χ3n) is 4.61. The van der Waals surface area contributed by atoms with Crippen LogP contribution >= 0.6 is 0 Å². The van der Waals surface area contributed by atoms with Gasteiger partial charge in [0.05, 0.1) is 23.7 Å². The number of nitrogens with zero attached hydrogens (tertiary/aromatic N) is 1. The number of amides is 1. The molecule has 1 aromatic rings. The molecule has 1 amide bonds. The molecule has 1 atom stereocenters. The van der Waals surface area contributed by atoms with E-state index in [1.54, 1.807) is 13.0 Å². The Bertz CT molecular complexity index is 828. The van der Waals surface area contributed by atoms with E-state index in [1.165, 1.54) is 23.4 Å². The van der Waals surface area contributed by atoms with Gasteiger partial charge < -0.3 is 14.8 Å². The highest BCUT2D eigenvalue weighted by atomic mass is 32.2. The second-order valence-corrected chi connectivity index (χ2v) is 8.76. The number of rotatable bonds is 6. The molecule has 0 bridgehead atoms. The summed E-state index contributed by atoms with van der Waals surface area (Å²) in [5.74, 6) is -1.06. The molecule has 0 spiro atoms. The van der Waals surface area contributed by atoms with Crippen molar-refractivity contribution in [2.45, 2.75) is 43.7 Å². The van der Waals surface area contributed by atoms with Crippen molar-refractivity contribution in [3.8, 4) is 0 Å². The van der Waals surface area contributed by atoms with E-state index in [-0.39, 0.29) is 35.5 Å². The van der Waals surface area contributed by atoms with E-state index in [1.807, 2.05) is 0 Å². The molecule has 148 valence electrons. The van der Waals surface area contributed by atoms with Crippen LogP contribution in [0.1, 0.15) is 35.7 Å². The largest absolute Gasteiger partial charge is 0.449 e. The molecule has 1 heterocycles. The van der Waals surface area contributed by atoms with Crippen LogP contribution in [0.2, 0.25) is 0 Å². The molecule has 1 aliphatic carbocycles. The molecule has 1 saturated carbocycles. The molecule has 2 fully saturated rings. The van der Waals surface area contributed by atoms with E-state index >= 15 is 0 Å². The summed E-state index contributed by atoms with van der Waals surface area (Å²) in [7, 11) is -3.72. The highest BCUT2D eigenvalue weighted by molar-refractivity contribution is 7.89. The van der Waals surface area contributed by atoms with Gasteiger partial charge in [-0.05, 0) is 44.4 Å². The SMILES string of the molecule is Cc1ccc(S(=O)(=O)N2CCOCC2)cc1C(=O)O[C@H](C)C(=O)NC1CC1. The highest BCUT2D eigenvalue weighted by Gasteiger charge is 2.30. The summed E-state index contributed by atoms with van der Waals surface area (Å²) in [4.78, 5) is 24.5. The molecule has 8 nitrogen and oxygen atoms in total. The van der Waals surface area contributed by atoms with Gasteiger partial charge >= 0.3 is 5.97 Å². The number of sulfonamides is 1. The van der Waals surface area contributed by atoms with Gasteiger partial charge in [-0.2, -0.15) is 4.31 Å². The molecular weight excluding hydrogens is 372 g/mol. The Hall–Kier alpha value is -1.97. The predicted octanol–water partition coefficient (Wildman–Crippen LogP) is 0.840. The molecule has 1 N–H and O–H groups in total. The van der Waals surface area contributed by atoms with Crippen molar-refractivity contribution < 1.29 is 27.5 Å². The molecule has 1 saturated heterocycles. The minimum Gasteiger partial charge on any atom is -0.449 e. The average molecular weight is 396 g/mol. The lowest BCUT2D eigenvalue weighted by Crippen LogP contribution is -2.40. The summed E-state index contributed by atoms with van der Waals surface area (Å²) >= 11 is 0. The number of hydrogen-bond acceptors (Lipinski definition) is 6.